The number of aromatic nitrogens is 1. The van der Waals surface area contributed by atoms with E-state index in [2.05, 4.69) is 10.3 Å². The number of carbonyl (C=O) groups excluding carboxylic acids is 1. The van der Waals surface area contributed by atoms with Crippen molar-refractivity contribution in [2.45, 2.75) is 19.3 Å². The molecule has 0 saturated heterocycles. The molecule has 2 atom stereocenters. The van der Waals surface area contributed by atoms with Gasteiger partial charge in [-0.1, -0.05) is 6.42 Å². The van der Waals surface area contributed by atoms with E-state index < -0.39 is 0 Å². The Morgan fingerprint density at radius 2 is 2.22 bits per heavy atom. The molecule has 5 heteroatoms. The van der Waals surface area contributed by atoms with E-state index in [0.717, 1.165) is 12.8 Å². The maximum Gasteiger partial charge on any atom is 0.256 e. The summed E-state index contributed by atoms with van der Waals surface area (Å²) in [5, 5.41) is 2.83. The van der Waals surface area contributed by atoms with Crippen LogP contribution in [0.15, 0.2) is 23.3 Å². The largest absolute Gasteiger partial charge is 0.367 e. The van der Waals surface area contributed by atoms with E-state index in [-0.39, 0.29) is 16.9 Å². The Bertz CT molecular complexity index is 469. The monoisotopic (exact) mass is 249 g/mol. The molecule has 0 spiro atoms. The van der Waals surface area contributed by atoms with Crippen LogP contribution in [0.2, 0.25) is 0 Å². The Morgan fingerprint density at radius 3 is 2.94 bits per heavy atom. The maximum absolute atomic E-state index is 11.9. The Hall–Kier alpha value is -1.62. The maximum atomic E-state index is 11.9. The third kappa shape index (κ3) is 2.79. The van der Waals surface area contributed by atoms with Crippen LogP contribution in [-0.4, -0.2) is 24.0 Å². The zero-order chi connectivity index (χ0) is 13.0. The molecule has 0 radical (unpaired) electrons. The molecule has 1 aliphatic rings. The molecule has 1 saturated carbocycles. The highest BCUT2D eigenvalue weighted by Crippen LogP contribution is 2.30. The second-order valence-electron chi connectivity index (χ2n) is 4.82. The van der Waals surface area contributed by atoms with Gasteiger partial charge >= 0.3 is 0 Å². The zero-order valence-electron chi connectivity index (χ0n) is 10.3. The molecule has 1 heterocycles. The molecule has 1 fully saturated rings. The van der Waals surface area contributed by atoms with Crippen LogP contribution in [0.25, 0.3) is 0 Å². The van der Waals surface area contributed by atoms with E-state index in [4.69, 9.17) is 5.73 Å². The molecule has 18 heavy (non-hydrogen) atoms. The van der Waals surface area contributed by atoms with Crippen LogP contribution < -0.4 is 16.5 Å². The average molecular weight is 249 g/mol. The second-order valence-corrected chi connectivity index (χ2v) is 4.82. The summed E-state index contributed by atoms with van der Waals surface area (Å²) >= 11 is 0. The number of aromatic amines is 1. The third-order valence-electron chi connectivity index (χ3n) is 3.71. The molecule has 98 valence electrons. The van der Waals surface area contributed by atoms with Gasteiger partial charge in [0.2, 0.25) is 0 Å². The molecule has 0 aliphatic heterocycles. The summed E-state index contributed by atoms with van der Waals surface area (Å²) in [6, 6.07) is 1.35. The molecule has 0 bridgehead atoms. The number of hydrogen-bond acceptors (Lipinski definition) is 3. The summed E-state index contributed by atoms with van der Waals surface area (Å²) in [5.74, 6) is 0.639. The predicted molar refractivity (Wildman–Crippen MR) is 69.3 cm³/mol. The van der Waals surface area contributed by atoms with Crippen LogP contribution in [0.5, 0.6) is 0 Å². The van der Waals surface area contributed by atoms with Crippen LogP contribution in [0.4, 0.5) is 0 Å². The molecule has 4 N–H and O–H groups in total. The number of carbonyl (C=O) groups is 1. The van der Waals surface area contributed by atoms with Crippen molar-refractivity contribution in [2.75, 3.05) is 13.1 Å². The molecular weight excluding hydrogens is 230 g/mol. The lowest BCUT2D eigenvalue weighted by atomic mass is 9.96. The van der Waals surface area contributed by atoms with Crippen molar-refractivity contribution in [3.8, 4) is 0 Å². The van der Waals surface area contributed by atoms with Gasteiger partial charge in [-0.3, -0.25) is 9.59 Å². The van der Waals surface area contributed by atoms with Gasteiger partial charge in [-0.05, 0) is 31.2 Å². The first-order valence-corrected chi connectivity index (χ1v) is 6.37. The van der Waals surface area contributed by atoms with Crippen LogP contribution in [0.3, 0.4) is 0 Å². The summed E-state index contributed by atoms with van der Waals surface area (Å²) in [6.07, 6.45) is 6.37. The summed E-state index contributed by atoms with van der Waals surface area (Å²) in [7, 11) is 0. The summed E-state index contributed by atoms with van der Waals surface area (Å²) < 4.78 is 0. The summed E-state index contributed by atoms with van der Waals surface area (Å²) in [5.41, 5.74) is 5.61. The van der Waals surface area contributed by atoms with Gasteiger partial charge in [0.15, 0.2) is 5.43 Å². The minimum Gasteiger partial charge on any atom is -0.367 e. The highest BCUT2D eigenvalue weighted by atomic mass is 16.2. The van der Waals surface area contributed by atoms with Gasteiger partial charge in [-0.15, -0.1) is 0 Å². The number of hydrogen-bond donors (Lipinski definition) is 3. The van der Waals surface area contributed by atoms with Gasteiger partial charge in [0.05, 0.1) is 0 Å². The quantitative estimate of drug-likeness (QED) is 0.725. The van der Waals surface area contributed by atoms with Crippen molar-refractivity contribution >= 4 is 5.91 Å². The lowest BCUT2D eigenvalue weighted by Gasteiger charge is -2.18. The predicted octanol–water partition coefficient (Wildman–Crippen LogP) is 0.480. The van der Waals surface area contributed by atoms with Gasteiger partial charge in [-0.2, -0.15) is 0 Å². The first-order valence-electron chi connectivity index (χ1n) is 6.37. The average Bonchev–Trinajstić information content (AvgIpc) is 2.84. The number of nitrogens with two attached hydrogens (primary N) is 1. The third-order valence-corrected chi connectivity index (χ3v) is 3.71. The second kappa shape index (κ2) is 5.82. The Balaban J connectivity index is 1.93. The fourth-order valence-electron chi connectivity index (χ4n) is 2.61. The van der Waals surface area contributed by atoms with Crippen molar-refractivity contribution in [3.05, 3.63) is 34.2 Å². The molecule has 1 aromatic rings. The first kappa shape index (κ1) is 12.8. The first-order chi connectivity index (χ1) is 8.72. The van der Waals surface area contributed by atoms with Gasteiger partial charge in [-0.25, -0.2) is 0 Å². The van der Waals surface area contributed by atoms with Crippen molar-refractivity contribution in [3.63, 3.8) is 0 Å². The minimum absolute atomic E-state index is 0.166. The molecule has 5 nitrogen and oxygen atoms in total. The van der Waals surface area contributed by atoms with Crippen molar-refractivity contribution < 1.29 is 4.79 Å². The molecular formula is C13H19N3O2. The molecule has 1 aliphatic carbocycles. The Morgan fingerprint density at radius 1 is 1.44 bits per heavy atom. The van der Waals surface area contributed by atoms with E-state index in [9.17, 15) is 9.59 Å². The minimum atomic E-state index is -0.306. The highest BCUT2D eigenvalue weighted by Gasteiger charge is 2.26. The van der Waals surface area contributed by atoms with Crippen molar-refractivity contribution in [1.29, 1.82) is 0 Å². The summed E-state index contributed by atoms with van der Waals surface area (Å²) in [6.45, 7) is 1.28. The van der Waals surface area contributed by atoms with Crippen LogP contribution >= 0.6 is 0 Å². The molecule has 1 amide bonds. The summed E-state index contributed by atoms with van der Waals surface area (Å²) in [4.78, 5) is 26.1. The van der Waals surface area contributed by atoms with Gasteiger partial charge in [0.25, 0.3) is 5.91 Å². The number of pyridine rings is 1. The SMILES string of the molecule is NCC1CCCC1CNC(=O)c1c[nH]ccc1=O. The van der Waals surface area contributed by atoms with E-state index in [1.54, 1.807) is 0 Å². The van der Waals surface area contributed by atoms with Crippen molar-refractivity contribution in [1.82, 2.24) is 10.3 Å². The fraction of sp³-hybridized carbons (Fsp3) is 0.538. The lowest BCUT2D eigenvalue weighted by Crippen LogP contribution is -2.34. The Kier molecular flexibility index (Phi) is 4.15. The molecule has 2 rings (SSSR count). The smallest absolute Gasteiger partial charge is 0.256 e. The van der Waals surface area contributed by atoms with Crippen LogP contribution in [0, 0.1) is 11.8 Å². The van der Waals surface area contributed by atoms with Crippen molar-refractivity contribution in [2.24, 2.45) is 17.6 Å². The molecule has 0 aromatic carbocycles. The topological polar surface area (TPSA) is 88.0 Å². The Labute approximate surface area is 106 Å². The number of H-pyrrole nitrogens is 1. The molecule has 2 unspecified atom stereocenters. The lowest BCUT2D eigenvalue weighted by molar-refractivity contribution is 0.0942. The zero-order valence-corrected chi connectivity index (χ0v) is 10.3. The number of amides is 1. The molecule has 1 aromatic heterocycles. The van der Waals surface area contributed by atoms with Gasteiger partial charge < -0.3 is 16.0 Å². The van der Waals surface area contributed by atoms with E-state index in [0.29, 0.717) is 24.9 Å². The van der Waals surface area contributed by atoms with E-state index >= 15 is 0 Å². The highest BCUT2D eigenvalue weighted by molar-refractivity contribution is 5.93. The normalized spacial score (nSPS) is 22.9. The van der Waals surface area contributed by atoms with Crippen LogP contribution in [-0.2, 0) is 0 Å². The van der Waals surface area contributed by atoms with Gasteiger partial charge in [0, 0.05) is 25.0 Å². The van der Waals surface area contributed by atoms with E-state index in [1.165, 1.54) is 24.9 Å². The van der Waals surface area contributed by atoms with Crippen LogP contribution in [0.1, 0.15) is 29.6 Å². The number of nitrogens with one attached hydrogen (secondary N) is 2. The fourth-order valence-corrected chi connectivity index (χ4v) is 2.61. The van der Waals surface area contributed by atoms with E-state index in [1.807, 2.05) is 0 Å². The van der Waals surface area contributed by atoms with Gasteiger partial charge in [0.1, 0.15) is 5.56 Å². The standard InChI is InChI=1S/C13H19N3O2/c14-6-9-2-1-3-10(9)7-16-13(18)11-8-15-5-4-12(11)17/h4-5,8-10H,1-3,6-7,14H2,(H,15,17)(H,16,18). The number of rotatable bonds is 4.